The Morgan fingerprint density at radius 3 is 2.53 bits per heavy atom. The fraction of sp³-hybridized carbons (Fsp3) is 0.667. The van der Waals surface area contributed by atoms with Gasteiger partial charge in [0.15, 0.2) is 5.79 Å². The molecule has 43 heavy (non-hydrogen) atoms. The lowest BCUT2D eigenvalue weighted by atomic mass is 9.84. The molecular weight excluding hydrogens is 592 g/mol. The van der Waals surface area contributed by atoms with Crippen LogP contribution in [-0.2, 0) is 21.3 Å². The maximum Gasteiger partial charge on any atom is 0.238 e. The van der Waals surface area contributed by atoms with E-state index in [0.717, 1.165) is 67.4 Å². The van der Waals surface area contributed by atoms with Crippen molar-refractivity contribution in [3.8, 4) is 5.88 Å². The first-order valence-corrected chi connectivity index (χ1v) is 17.5. The third-order valence-electron chi connectivity index (χ3n) is 9.22. The van der Waals surface area contributed by atoms with Crippen molar-refractivity contribution in [3.05, 3.63) is 33.1 Å². The number of nitrogens with one attached hydrogen (secondary N) is 2. The van der Waals surface area contributed by atoms with Gasteiger partial charge in [-0.2, -0.15) is 0 Å². The second-order valence-electron chi connectivity index (χ2n) is 12.8. The number of sulfonamides is 1. The molecule has 4 aliphatic rings. The molecule has 6 rings (SSSR count). The summed E-state index contributed by atoms with van der Waals surface area (Å²) in [5.41, 5.74) is 2.91. The summed E-state index contributed by atoms with van der Waals surface area (Å²) in [5, 5.41) is 3.43. The van der Waals surface area contributed by atoms with E-state index in [1.807, 2.05) is 0 Å². The van der Waals surface area contributed by atoms with Gasteiger partial charge in [-0.25, -0.2) is 22.8 Å². The second kappa shape index (κ2) is 11.6. The zero-order valence-electron chi connectivity index (χ0n) is 25.7. The number of hydrogen-bond acceptors (Lipinski definition) is 10. The van der Waals surface area contributed by atoms with Gasteiger partial charge >= 0.3 is 0 Å². The Morgan fingerprint density at radius 2 is 1.91 bits per heavy atom. The minimum Gasteiger partial charge on any atom is -0.480 e. The number of alkyl halides is 1. The molecule has 2 aromatic rings. The number of piperidine rings is 1. The number of nitrogens with zero attached hydrogens (tertiary/aromatic N) is 4. The monoisotopic (exact) mass is 634 g/mol. The van der Waals surface area contributed by atoms with Crippen molar-refractivity contribution in [1.82, 2.24) is 14.8 Å². The second-order valence-corrected chi connectivity index (χ2v) is 16.0. The van der Waals surface area contributed by atoms with E-state index < -0.39 is 21.5 Å². The molecule has 2 aromatic heterocycles. The highest BCUT2D eigenvalue weighted by Crippen LogP contribution is 2.43. The number of aryl methyl sites for hydroxylation is 1. The number of thiophene rings is 1. The topological polar surface area (TPSA) is 108 Å². The van der Waals surface area contributed by atoms with E-state index in [1.165, 1.54) is 17.6 Å². The molecule has 1 saturated carbocycles. The van der Waals surface area contributed by atoms with Gasteiger partial charge in [0.1, 0.15) is 11.4 Å². The lowest BCUT2D eigenvalue weighted by Gasteiger charge is -2.44. The van der Waals surface area contributed by atoms with Crippen LogP contribution in [0.15, 0.2) is 17.3 Å². The van der Waals surface area contributed by atoms with E-state index in [4.69, 9.17) is 14.5 Å². The molecule has 1 aliphatic carbocycles. The molecule has 13 heteroatoms. The van der Waals surface area contributed by atoms with E-state index >= 15 is 0 Å². The summed E-state index contributed by atoms with van der Waals surface area (Å²) in [4.78, 5) is 16.7. The largest absolute Gasteiger partial charge is 0.480 e. The summed E-state index contributed by atoms with van der Waals surface area (Å²) in [6, 6.07) is 1.79. The van der Waals surface area contributed by atoms with Gasteiger partial charge in [0.05, 0.1) is 41.8 Å². The minimum absolute atomic E-state index is 0.0804. The molecule has 0 bridgehead atoms. The Kier molecular flexibility index (Phi) is 8.25. The Hall–Kier alpha value is -2.32. The van der Waals surface area contributed by atoms with Gasteiger partial charge in [-0.05, 0) is 78.5 Å². The highest BCUT2D eigenvalue weighted by Gasteiger charge is 2.41. The average molecular weight is 635 g/mol. The summed E-state index contributed by atoms with van der Waals surface area (Å²) in [5.74, 6) is -0.439. The molecule has 0 aromatic carbocycles. The molecule has 0 amide bonds. The lowest BCUT2D eigenvalue weighted by Crippen LogP contribution is -2.57. The zero-order chi connectivity index (χ0) is 30.6. The number of ether oxygens (including phenoxy) is 2. The van der Waals surface area contributed by atoms with Crippen LogP contribution in [0.5, 0.6) is 5.88 Å². The number of rotatable bonds is 9. The standard InChI is InChI=1S/C30H43FN6O4S2/c1-19-23(18-36-10-8-21(9-11-36)29(2,3)31)26-27(42-19)25(33-30(4,34-26)37-12-14-41-15-13-37)20-16-24(28(40-5)32-17-20)35-43(38,39)22-6-7-22/h16-17,21-22,34-35H,6-15,18H2,1-5H3. The predicted octanol–water partition coefficient (Wildman–Crippen LogP) is 4.59. The molecule has 2 N–H and O–H groups in total. The van der Waals surface area contributed by atoms with Gasteiger partial charge in [0.2, 0.25) is 15.9 Å². The van der Waals surface area contributed by atoms with Crippen molar-refractivity contribution in [2.24, 2.45) is 10.9 Å². The van der Waals surface area contributed by atoms with Crippen LogP contribution in [0.3, 0.4) is 0 Å². The highest BCUT2D eigenvalue weighted by molar-refractivity contribution is 7.93. The van der Waals surface area contributed by atoms with E-state index in [0.29, 0.717) is 31.7 Å². The third-order valence-corrected chi connectivity index (χ3v) is 12.2. The molecule has 1 unspecified atom stereocenters. The van der Waals surface area contributed by atoms with Crippen molar-refractivity contribution in [1.29, 1.82) is 0 Å². The van der Waals surface area contributed by atoms with Crippen LogP contribution in [0.2, 0.25) is 0 Å². The molecule has 5 heterocycles. The van der Waals surface area contributed by atoms with Crippen LogP contribution in [0.4, 0.5) is 15.8 Å². The number of anilines is 2. The first-order chi connectivity index (χ1) is 20.4. The maximum atomic E-state index is 14.6. The Bertz CT molecular complexity index is 1490. The normalized spacial score (nSPS) is 24.3. The number of aliphatic imine (C=N–C) groups is 1. The van der Waals surface area contributed by atoms with Crippen LogP contribution in [0, 0.1) is 12.8 Å². The first-order valence-electron chi connectivity index (χ1n) is 15.2. The number of morpholine rings is 1. The first kappa shape index (κ1) is 30.7. The lowest BCUT2D eigenvalue weighted by molar-refractivity contribution is -0.00423. The molecule has 0 radical (unpaired) electrons. The SMILES string of the molecule is COc1ncc(C2=NC(C)(N3CCOCC3)Nc3c2sc(C)c3CN2CCC(C(C)(C)F)CC2)cc1NS(=O)(=O)C1CC1. The van der Waals surface area contributed by atoms with Gasteiger partial charge in [0.25, 0.3) is 0 Å². The van der Waals surface area contributed by atoms with Crippen molar-refractivity contribution in [3.63, 3.8) is 0 Å². The smallest absolute Gasteiger partial charge is 0.238 e. The van der Waals surface area contributed by atoms with E-state index in [-0.39, 0.29) is 17.0 Å². The Labute approximate surface area is 258 Å². The molecule has 2 saturated heterocycles. The number of halogens is 1. The molecule has 236 valence electrons. The summed E-state index contributed by atoms with van der Waals surface area (Å²) in [6.07, 6.45) is 4.71. The van der Waals surface area contributed by atoms with Crippen molar-refractivity contribution in [2.75, 3.05) is 56.5 Å². The molecule has 3 fully saturated rings. The van der Waals surface area contributed by atoms with E-state index in [9.17, 15) is 12.8 Å². The number of likely N-dealkylation sites (tertiary alicyclic amines) is 1. The van der Waals surface area contributed by atoms with E-state index in [1.54, 1.807) is 37.4 Å². The van der Waals surface area contributed by atoms with E-state index in [2.05, 4.69) is 38.7 Å². The van der Waals surface area contributed by atoms with Crippen molar-refractivity contribution >= 4 is 38.4 Å². The van der Waals surface area contributed by atoms with Gasteiger partial charge in [-0.3, -0.25) is 14.5 Å². The molecule has 0 spiro atoms. The quantitative estimate of drug-likeness (QED) is 0.413. The predicted molar refractivity (Wildman–Crippen MR) is 169 cm³/mol. The van der Waals surface area contributed by atoms with Crippen LogP contribution in [0.25, 0.3) is 0 Å². The minimum atomic E-state index is -3.52. The number of aromatic nitrogens is 1. The summed E-state index contributed by atoms with van der Waals surface area (Å²) in [7, 11) is -2.04. The third kappa shape index (κ3) is 6.28. The summed E-state index contributed by atoms with van der Waals surface area (Å²) < 4.78 is 54.2. The average Bonchev–Trinajstić information content (AvgIpc) is 3.79. The van der Waals surface area contributed by atoms with Gasteiger partial charge < -0.3 is 14.8 Å². The van der Waals surface area contributed by atoms with Crippen molar-refractivity contribution in [2.45, 2.75) is 76.6 Å². The highest BCUT2D eigenvalue weighted by atomic mass is 32.2. The van der Waals surface area contributed by atoms with Crippen LogP contribution in [-0.4, -0.2) is 92.1 Å². The number of fused-ring (bicyclic) bond motifs is 1. The van der Waals surface area contributed by atoms with Crippen LogP contribution < -0.4 is 14.8 Å². The van der Waals surface area contributed by atoms with Crippen LogP contribution in [0.1, 0.15) is 67.3 Å². The van der Waals surface area contributed by atoms with Gasteiger partial charge in [0, 0.05) is 41.8 Å². The Balaban J connectivity index is 1.37. The fourth-order valence-electron chi connectivity index (χ4n) is 6.38. The number of methoxy groups -OCH3 is 1. The van der Waals surface area contributed by atoms with Crippen LogP contribution >= 0.6 is 11.3 Å². The summed E-state index contributed by atoms with van der Waals surface area (Å²) in [6.45, 7) is 12.8. The molecule has 10 nitrogen and oxygen atoms in total. The number of pyridine rings is 1. The zero-order valence-corrected chi connectivity index (χ0v) is 27.3. The van der Waals surface area contributed by atoms with Crippen molar-refractivity contribution < 1.29 is 22.3 Å². The summed E-state index contributed by atoms with van der Waals surface area (Å²) >= 11 is 1.68. The van der Waals surface area contributed by atoms with Gasteiger partial charge in [-0.15, -0.1) is 11.3 Å². The number of hydrogen-bond donors (Lipinski definition) is 2. The molecular formula is C30H43FN6O4S2. The fourth-order valence-corrected chi connectivity index (χ4v) is 8.89. The molecule has 3 aliphatic heterocycles. The molecule has 1 atom stereocenters. The Morgan fingerprint density at radius 1 is 1.21 bits per heavy atom. The van der Waals surface area contributed by atoms with Gasteiger partial charge in [-0.1, -0.05) is 0 Å². The maximum absolute atomic E-state index is 14.6.